The first kappa shape index (κ1) is 22.5. The van der Waals surface area contributed by atoms with E-state index in [2.05, 4.69) is 20.5 Å². The number of ether oxygens (including phenoxy) is 3. The maximum atomic E-state index is 12.8. The number of rotatable bonds is 8. The molecule has 0 spiro atoms. The molecule has 33 heavy (non-hydrogen) atoms. The second-order valence-electron chi connectivity index (χ2n) is 7.40. The summed E-state index contributed by atoms with van der Waals surface area (Å²) in [6, 6.07) is 10.5. The summed E-state index contributed by atoms with van der Waals surface area (Å²) < 4.78 is 18.2. The molecule has 3 aromatic rings. The van der Waals surface area contributed by atoms with Crippen LogP contribution < -0.4 is 25.2 Å². The van der Waals surface area contributed by atoms with E-state index < -0.39 is 5.91 Å². The van der Waals surface area contributed by atoms with Crippen LogP contribution in [-0.2, 0) is 16.1 Å². The minimum Gasteiger partial charge on any atom is -0.492 e. The quantitative estimate of drug-likeness (QED) is 0.552. The SMILES string of the molecule is CCOc1cc(N2CCOCC2)c(OCC)cc1NC(=O)Cn1nnc2ccccc2c1=O. The van der Waals surface area contributed by atoms with E-state index in [1.54, 1.807) is 30.3 Å². The van der Waals surface area contributed by atoms with Gasteiger partial charge in [-0.2, -0.15) is 0 Å². The Morgan fingerprint density at radius 1 is 1.09 bits per heavy atom. The van der Waals surface area contributed by atoms with E-state index >= 15 is 0 Å². The number of amides is 1. The van der Waals surface area contributed by atoms with Gasteiger partial charge < -0.3 is 24.4 Å². The van der Waals surface area contributed by atoms with Crippen LogP contribution in [0.3, 0.4) is 0 Å². The lowest BCUT2D eigenvalue weighted by molar-refractivity contribution is -0.117. The molecule has 10 heteroatoms. The first-order valence-corrected chi connectivity index (χ1v) is 11.0. The highest BCUT2D eigenvalue weighted by Crippen LogP contribution is 2.39. The van der Waals surface area contributed by atoms with Gasteiger partial charge in [-0.05, 0) is 26.0 Å². The molecule has 1 N–H and O–H groups in total. The van der Waals surface area contributed by atoms with Crippen LogP contribution in [0.5, 0.6) is 11.5 Å². The summed E-state index contributed by atoms with van der Waals surface area (Å²) in [5.41, 5.74) is 1.46. The highest BCUT2D eigenvalue weighted by Gasteiger charge is 2.21. The van der Waals surface area contributed by atoms with Crippen molar-refractivity contribution >= 4 is 28.2 Å². The molecule has 4 rings (SSSR count). The predicted molar refractivity (Wildman–Crippen MR) is 124 cm³/mol. The lowest BCUT2D eigenvalue weighted by atomic mass is 10.2. The summed E-state index contributed by atoms with van der Waals surface area (Å²) in [6.07, 6.45) is 0. The van der Waals surface area contributed by atoms with Gasteiger partial charge in [-0.3, -0.25) is 9.59 Å². The number of hydrogen-bond donors (Lipinski definition) is 1. The average Bonchev–Trinajstić information content (AvgIpc) is 2.83. The van der Waals surface area contributed by atoms with E-state index in [1.807, 2.05) is 19.9 Å². The number of nitrogens with one attached hydrogen (secondary N) is 1. The maximum absolute atomic E-state index is 12.8. The monoisotopic (exact) mass is 453 g/mol. The number of carbonyl (C=O) groups is 1. The van der Waals surface area contributed by atoms with Gasteiger partial charge in [0.2, 0.25) is 5.91 Å². The second kappa shape index (κ2) is 10.3. The fourth-order valence-electron chi connectivity index (χ4n) is 3.70. The molecule has 174 valence electrons. The summed E-state index contributed by atoms with van der Waals surface area (Å²) in [5.74, 6) is 0.734. The number of aromatic nitrogens is 3. The number of anilines is 2. The normalized spacial score (nSPS) is 13.7. The zero-order valence-corrected chi connectivity index (χ0v) is 18.7. The van der Waals surface area contributed by atoms with E-state index in [4.69, 9.17) is 14.2 Å². The smallest absolute Gasteiger partial charge is 0.278 e. The fraction of sp³-hybridized carbons (Fsp3) is 0.391. The van der Waals surface area contributed by atoms with Crippen molar-refractivity contribution in [3.63, 3.8) is 0 Å². The molecule has 2 heterocycles. The van der Waals surface area contributed by atoms with Gasteiger partial charge >= 0.3 is 0 Å². The Balaban J connectivity index is 1.60. The van der Waals surface area contributed by atoms with E-state index in [0.29, 0.717) is 54.5 Å². The third kappa shape index (κ3) is 5.06. The topological polar surface area (TPSA) is 108 Å². The lowest BCUT2D eigenvalue weighted by Crippen LogP contribution is -2.36. The van der Waals surface area contributed by atoms with E-state index in [-0.39, 0.29) is 12.1 Å². The van der Waals surface area contributed by atoms with E-state index in [9.17, 15) is 9.59 Å². The average molecular weight is 453 g/mol. The molecule has 1 saturated heterocycles. The van der Waals surface area contributed by atoms with Crippen molar-refractivity contribution < 1.29 is 19.0 Å². The zero-order chi connectivity index (χ0) is 23.2. The van der Waals surface area contributed by atoms with Gasteiger partial charge in [0, 0.05) is 25.2 Å². The number of fused-ring (bicyclic) bond motifs is 1. The largest absolute Gasteiger partial charge is 0.492 e. The second-order valence-corrected chi connectivity index (χ2v) is 7.40. The van der Waals surface area contributed by atoms with Crippen LogP contribution in [0, 0.1) is 0 Å². The molecule has 10 nitrogen and oxygen atoms in total. The summed E-state index contributed by atoms with van der Waals surface area (Å²) >= 11 is 0. The van der Waals surface area contributed by atoms with Crippen LogP contribution >= 0.6 is 0 Å². The summed E-state index contributed by atoms with van der Waals surface area (Å²) in [5, 5.41) is 11.2. The molecule has 0 unspecified atom stereocenters. The first-order valence-electron chi connectivity index (χ1n) is 11.0. The van der Waals surface area contributed by atoms with Crippen molar-refractivity contribution in [3.8, 4) is 11.5 Å². The molecule has 0 aliphatic carbocycles. The van der Waals surface area contributed by atoms with Crippen molar-refractivity contribution in [1.82, 2.24) is 15.0 Å². The Hall–Kier alpha value is -3.66. The van der Waals surface area contributed by atoms with Crippen LogP contribution in [0.1, 0.15) is 13.8 Å². The molecular weight excluding hydrogens is 426 g/mol. The van der Waals surface area contributed by atoms with Crippen LogP contribution in [-0.4, -0.2) is 60.4 Å². The Kier molecular flexibility index (Phi) is 7.04. The van der Waals surface area contributed by atoms with Gasteiger partial charge in [0.25, 0.3) is 5.56 Å². The molecular formula is C23H27N5O5. The van der Waals surface area contributed by atoms with Gasteiger partial charge in [0.05, 0.1) is 43.2 Å². The van der Waals surface area contributed by atoms with Gasteiger partial charge in [-0.15, -0.1) is 5.10 Å². The standard InChI is InChI=1S/C23H27N5O5/c1-3-32-20-14-19(27-9-11-31-12-10-27)21(33-4-2)13-18(20)24-22(29)15-28-23(30)16-7-5-6-8-17(16)25-26-28/h5-8,13-14H,3-4,9-12,15H2,1-2H3,(H,24,29). The van der Waals surface area contributed by atoms with Crippen molar-refractivity contribution in [2.24, 2.45) is 0 Å². The van der Waals surface area contributed by atoms with Crippen molar-refractivity contribution in [2.75, 3.05) is 49.7 Å². The number of morpholine rings is 1. The molecule has 1 aromatic heterocycles. The Bertz CT molecular complexity index is 1190. The number of nitrogens with zero attached hydrogens (tertiary/aromatic N) is 4. The number of carbonyl (C=O) groups excluding carboxylic acids is 1. The molecule has 1 aliphatic rings. The lowest BCUT2D eigenvalue weighted by Gasteiger charge is -2.31. The van der Waals surface area contributed by atoms with Crippen LogP contribution in [0.15, 0.2) is 41.2 Å². The molecule has 1 aliphatic heterocycles. The minimum atomic E-state index is -0.427. The number of hydrogen-bond acceptors (Lipinski definition) is 8. The Labute approximate surface area is 191 Å². The van der Waals surface area contributed by atoms with E-state index in [1.165, 1.54) is 0 Å². The minimum absolute atomic E-state index is 0.280. The van der Waals surface area contributed by atoms with Gasteiger partial charge in [0.15, 0.2) is 0 Å². The van der Waals surface area contributed by atoms with Crippen molar-refractivity contribution in [2.45, 2.75) is 20.4 Å². The molecule has 1 amide bonds. The molecule has 0 radical (unpaired) electrons. The maximum Gasteiger partial charge on any atom is 0.278 e. The molecule has 1 fully saturated rings. The summed E-state index contributed by atoms with van der Waals surface area (Å²) in [4.78, 5) is 27.7. The van der Waals surface area contributed by atoms with Crippen LogP contribution in [0.4, 0.5) is 11.4 Å². The highest BCUT2D eigenvalue weighted by atomic mass is 16.5. The summed E-state index contributed by atoms with van der Waals surface area (Å²) in [6.45, 7) is 7.14. The first-order chi connectivity index (χ1) is 16.1. The van der Waals surface area contributed by atoms with Crippen molar-refractivity contribution in [1.29, 1.82) is 0 Å². The molecule has 0 bridgehead atoms. The predicted octanol–water partition coefficient (Wildman–Crippen LogP) is 2.06. The van der Waals surface area contributed by atoms with Crippen LogP contribution in [0.25, 0.3) is 10.9 Å². The third-order valence-corrected chi connectivity index (χ3v) is 5.21. The molecule has 2 aromatic carbocycles. The van der Waals surface area contributed by atoms with Gasteiger partial charge in [-0.25, -0.2) is 4.68 Å². The molecule has 0 saturated carbocycles. The summed E-state index contributed by atoms with van der Waals surface area (Å²) in [7, 11) is 0. The number of benzene rings is 2. The van der Waals surface area contributed by atoms with Gasteiger partial charge in [0.1, 0.15) is 23.6 Å². The Morgan fingerprint density at radius 3 is 2.58 bits per heavy atom. The van der Waals surface area contributed by atoms with E-state index in [0.717, 1.165) is 23.5 Å². The Morgan fingerprint density at radius 2 is 1.82 bits per heavy atom. The highest BCUT2D eigenvalue weighted by molar-refractivity contribution is 5.93. The fourth-order valence-corrected chi connectivity index (χ4v) is 3.70. The zero-order valence-electron chi connectivity index (χ0n) is 18.7. The van der Waals surface area contributed by atoms with Crippen LogP contribution in [0.2, 0.25) is 0 Å². The van der Waals surface area contributed by atoms with Gasteiger partial charge in [-0.1, -0.05) is 17.3 Å². The van der Waals surface area contributed by atoms with Crippen molar-refractivity contribution in [3.05, 3.63) is 46.8 Å². The molecule has 0 atom stereocenters. The third-order valence-electron chi connectivity index (χ3n) is 5.21.